The molecule has 0 aliphatic rings. The van der Waals surface area contributed by atoms with Crippen molar-refractivity contribution in [2.45, 2.75) is 30.4 Å². The van der Waals surface area contributed by atoms with Crippen LogP contribution in [-0.4, -0.2) is 30.7 Å². The van der Waals surface area contributed by atoms with Crippen molar-refractivity contribution in [3.05, 3.63) is 29.3 Å². The van der Waals surface area contributed by atoms with Gasteiger partial charge in [0.05, 0.1) is 10.5 Å². The minimum absolute atomic E-state index is 0.0361. The lowest BCUT2D eigenvalue weighted by atomic mass is 10.1. The van der Waals surface area contributed by atoms with Crippen molar-refractivity contribution in [3.8, 4) is 0 Å². The highest BCUT2D eigenvalue weighted by molar-refractivity contribution is 7.92. The first-order chi connectivity index (χ1) is 8.73. The van der Waals surface area contributed by atoms with Crippen LogP contribution in [0.3, 0.4) is 0 Å². The second-order valence-electron chi connectivity index (χ2n) is 4.08. The van der Waals surface area contributed by atoms with Crippen LogP contribution in [-0.2, 0) is 14.6 Å². The zero-order chi connectivity index (χ0) is 14.8. The molecule has 0 saturated carbocycles. The molecule has 1 rings (SSSR count). The zero-order valence-electron chi connectivity index (χ0n) is 10.6. The lowest BCUT2D eigenvalue weighted by Gasteiger charge is -2.15. The molecule has 104 valence electrons. The topological polar surface area (TPSA) is 115 Å². The summed E-state index contributed by atoms with van der Waals surface area (Å²) < 4.78 is 24.6. The van der Waals surface area contributed by atoms with E-state index in [0.717, 1.165) is 0 Å². The fraction of sp³-hybridized carbons (Fsp3) is 0.333. The van der Waals surface area contributed by atoms with Gasteiger partial charge in [0.25, 0.3) is 0 Å². The Morgan fingerprint density at radius 3 is 2.37 bits per heavy atom. The maximum Gasteiger partial charge on any atom is 0.335 e. The molecule has 19 heavy (non-hydrogen) atoms. The summed E-state index contributed by atoms with van der Waals surface area (Å²) in [5.41, 5.74) is 5.08. The van der Waals surface area contributed by atoms with E-state index in [1.165, 1.54) is 32.0 Å². The highest BCUT2D eigenvalue weighted by Crippen LogP contribution is 2.24. The average Bonchev–Trinajstić information content (AvgIpc) is 2.28. The standard InChI is InChI=1S/C12H15NO5S/c1-3-9(11(13)14)19(17,18)10-6-4-5-8(7(10)2)12(15)16/h4-6,9H,3H2,1-2H3,(H2,13,14)(H,15,16). The summed E-state index contributed by atoms with van der Waals surface area (Å²) in [6.07, 6.45) is 0.0361. The first-order valence-electron chi connectivity index (χ1n) is 5.59. The lowest BCUT2D eigenvalue weighted by Crippen LogP contribution is -2.35. The molecule has 0 aliphatic heterocycles. The Labute approximate surface area is 111 Å². The second kappa shape index (κ2) is 5.40. The SMILES string of the molecule is CCC(C(N)=O)S(=O)(=O)c1cccc(C(=O)O)c1C. The smallest absolute Gasteiger partial charge is 0.335 e. The van der Waals surface area contributed by atoms with Gasteiger partial charge in [-0.05, 0) is 31.0 Å². The van der Waals surface area contributed by atoms with Crippen molar-refractivity contribution in [3.63, 3.8) is 0 Å². The number of aromatic carboxylic acids is 1. The van der Waals surface area contributed by atoms with Gasteiger partial charge in [-0.2, -0.15) is 0 Å². The lowest BCUT2D eigenvalue weighted by molar-refractivity contribution is -0.117. The summed E-state index contributed by atoms with van der Waals surface area (Å²) in [5.74, 6) is -2.16. The number of hydrogen-bond acceptors (Lipinski definition) is 4. The molecule has 6 nitrogen and oxygen atoms in total. The van der Waals surface area contributed by atoms with Crippen molar-refractivity contribution in [1.82, 2.24) is 0 Å². The van der Waals surface area contributed by atoms with Gasteiger partial charge in [0.15, 0.2) is 9.84 Å². The highest BCUT2D eigenvalue weighted by atomic mass is 32.2. The number of carbonyl (C=O) groups is 2. The number of primary amides is 1. The average molecular weight is 285 g/mol. The molecule has 0 saturated heterocycles. The zero-order valence-corrected chi connectivity index (χ0v) is 11.4. The van der Waals surface area contributed by atoms with Crippen LogP contribution in [0, 0.1) is 6.92 Å². The van der Waals surface area contributed by atoms with Gasteiger partial charge in [0.2, 0.25) is 5.91 Å². The van der Waals surface area contributed by atoms with Gasteiger partial charge in [-0.1, -0.05) is 13.0 Å². The van der Waals surface area contributed by atoms with Crippen LogP contribution in [0.2, 0.25) is 0 Å². The molecule has 1 aromatic carbocycles. The molecule has 0 aromatic heterocycles. The van der Waals surface area contributed by atoms with E-state index in [9.17, 15) is 18.0 Å². The first kappa shape index (κ1) is 15.2. The van der Waals surface area contributed by atoms with Gasteiger partial charge in [0, 0.05) is 0 Å². The number of carboxylic acid groups (broad SMARTS) is 1. The molecular formula is C12H15NO5S. The van der Waals surface area contributed by atoms with E-state index in [-0.39, 0.29) is 22.4 Å². The van der Waals surface area contributed by atoms with Crippen molar-refractivity contribution < 1.29 is 23.1 Å². The molecule has 3 N–H and O–H groups in total. The Balaban J connectivity index is 3.50. The Hall–Kier alpha value is -1.89. The van der Waals surface area contributed by atoms with Gasteiger partial charge >= 0.3 is 5.97 Å². The maximum absolute atomic E-state index is 12.3. The molecule has 0 fully saturated rings. The minimum Gasteiger partial charge on any atom is -0.478 e. The largest absolute Gasteiger partial charge is 0.478 e. The minimum atomic E-state index is -3.97. The summed E-state index contributed by atoms with van der Waals surface area (Å²) in [5, 5.41) is 7.62. The van der Waals surface area contributed by atoms with Crippen molar-refractivity contribution in [2.24, 2.45) is 5.73 Å². The number of amides is 1. The van der Waals surface area contributed by atoms with Crippen molar-refractivity contribution in [1.29, 1.82) is 0 Å². The van der Waals surface area contributed by atoms with Gasteiger partial charge in [-0.3, -0.25) is 4.79 Å². The Morgan fingerprint density at radius 1 is 1.37 bits per heavy atom. The Bertz CT molecular complexity index is 621. The van der Waals surface area contributed by atoms with E-state index in [0.29, 0.717) is 0 Å². The van der Waals surface area contributed by atoms with Crippen LogP contribution in [0.1, 0.15) is 29.3 Å². The van der Waals surface area contributed by atoms with Crippen LogP contribution >= 0.6 is 0 Å². The monoisotopic (exact) mass is 285 g/mol. The predicted octanol–water partition coefficient (Wildman–Crippen LogP) is 0.731. The summed E-state index contributed by atoms with van der Waals surface area (Å²) >= 11 is 0. The van der Waals surface area contributed by atoms with E-state index in [1.807, 2.05) is 0 Å². The number of rotatable bonds is 5. The summed E-state index contributed by atoms with van der Waals surface area (Å²) in [4.78, 5) is 22.0. The quantitative estimate of drug-likeness (QED) is 0.827. The van der Waals surface area contributed by atoms with E-state index in [4.69, 9.17) is 10.8 Å². The molecule has 1 unspecified atom stereocenters. The number of carboxylic acids is 1. The molecular weight excluding hydrogens is 270 g/mol. The van der Waals surface area contributed by atoms with E-state index >= 15 is 0 Å². The molecule has 0 spiro atoms. The van der Waals surface area contributed by atoms with E-state index in [2.05, 4.69) is 0 Å². The predicted molar refractivity (Wildman–Crippen MR) is 68.6 cm³/mol. The number of carbonyl (C=O) groups excluding carboxylic acids is 1. The third-order valence-corrected chi connectivity index (χ3v) is 5.25. The van der Waals surface area contributed by atoms with Gasteiger partial charge in [-0.15, -0.1) is 0 Å². The third kappa shape index (κ3) is 2.76. The fourth-order valence-corrected chi connectivity index (χ4v) is 3.74. The van der Waals surface area contributed by atoms with Crippen LogP contribution in [0.15, 0.2) is 23.1 Å². The molecule has 0 radical (unpaired) electrons. The van der Waals surface area contributed by atoms with E-state index < -0.39 is 27.0 Å². The van der Waals surface area contributed by atoms with Crippen LogP contribution in [0.25, 0.3) is 0 Å². The number of benzene rings is 1. The van der Waals surface area contributed by atoms with Crippen LogP contribution < -0.4 is 5.73 Å². The molecule has 7 heteroatoms. The number of hydrogen-bond donors (Lipinski definition) is 2. The summed E-state index contributed by atoms with van der Waals surface area (Å²) in [6, 6.07) is 3.92. The summed E-state index contributed by atoms with van der Waals surface area (Å²) in [6.45, 7) is 2.92. The molecule has 1 aromatic rings. The molecule has 1 amide bonds. The van der Waals surface area contributed by atoms with Gasteiger partial charge in [-0.25, -0.2) is 13.2 Å². The van der Waals surface area contributed by atoms with E-state index in [1.54, 1.807) is 0 Å². The van der Waals surface area contributed by atoms with Crippen LogP contribution in [0.4, 0.5) is 0 Å². The Morgan fingerprint density at radius 2 is 1.95 bits per heavy atom. The number of sulfone groups is 1. The molecule has 0 heterocycles. The van der Waals surface area contributed by atoms with Gasteiger partial charge < -0.3 is 10.8 Å². The third-order valence-electron chi connectivity index (χ3n) is 2.88. The molecule has 0 bridgehead atoms. The summed E-state index contributed by atoms with van der Waals surface area (Å²) in [7, 11) is -3.97. The second-order valence-corrected chi connectivity index (χ2v) is 6.18. The van der Waals surface area contributed by atoms with Crippen LogP contribution in [0.5, 0.6) is 0 Å². The molecule has 1 atom stereocenters. The van der Waals surface area contributed by atoms with Crippen molar-refractivity contribution in [2.75, 3.05) is 0 Å². The normalized spacial score (nSPS) is 12.9. The first-order valence-corrected chi connectivity index (χ1v) is 7.14. The number of nitrogens with two attached hydrogens (primary N) is 1. The maximum atomic E-state index is 12.3. The Kier molecular flexibility index (Phi) is 4.31. The highest BCUT2D eigenvalue weighted by Gasteiger charge is 2.32. The molecule has 0 aliphatic carbocycles. The van der Waals surface area contributed by atoms with Crippen molar-refractivity contribution >= 4 is 21.7 Å². The van der Waals surface area contributed by atoms with Gasteiger partial charge in [0.1, 0.15) is 5.25 Å². The fourth-order valence-electron chi connectivity index (χ4n) is 1.88.